The van der Waals surface area contributed by atoms with Gasteiger partial charge in [-0.25, -0.2) is 0 Å². The van der Waals surface area contributed by atoms with E-state index in [1.54, 1.807) is 12.1 Å². The molecule has 0 atom stereocenters. The topological polar surface area (TPSA) is 46.5 Å². The van der Waals surface area contributed by atoms with Crippen LogP contribution in [0.5, 0.6) is 17.2 Å². The smallest absolute Gasteiger partial charge is 0.169 e. The number of para-hydroxylation sites is 1. The van der Waals surface area contributed by atoms with Crippen molar-refractivity contribution in [3.05, 3.63) is 53.6 Å². The SMILES string of the molecule is CC(=O)c1ccc(Oc2ccccc2CBr)c(O)c1. The van der Waals surface area contributed by atoms with Crippen molar-refractivity contribution in [3.63, 3.8) is 0 Å². The quantitative estimate of drug-likeness (QED) is 0.675. The molecule has 98 valence electrons. The zero-order valence-corrected chi connectivity index (χ0v) is 12.0. The van der Waals surface area contributed by atoms with E-state index in [1.807, 2.05) is 24.3 Å². The van der Waals surface area contributed by atoms with Gasteiger partial charge in [0.05, 0.1) is 0 Å². The highest BCUT2D eigenvalue weighted by atomic mass is 79.9. The number of rotatable bonds is 4. The number of carbonyl (C=O) groups excluding carboxylic acids is 1. The summed E-state index contributed by atoms with van der Waals surface area (Å²) in [6.07, 6.45) is 0. The van der Waals surface area contributed by atoms with Gasteiger partial charge in [-0.05, 0) is 31.2 Å². The number of aromatic hydroxyl groups is 1. The van der Waals surface area contributed by atoms with Gasteiger partial charge in [0, 0.05) is 16.5 Å². The Balaban J connectivity index is 2.31. The van der Waals surface area contributed by atoms with Crippen LogP contribution < -0.4 is 4.74 Å². The maximum Gasteiger partial charge on any atom is 0.169 e. The van der Waals surface area contributed by atoms with Gasteiger partial charge in [-0.1, -0.05) is 34.1 Å². The first-order valence-corrected chi connectivity index (χ1v) is 6.89. The summed E-state index contributed by atoms with van der Waals surface area (Å²) in [4.78, 5) is 11.2. The largest absolute Gasteiger partial charge is 0.504 e. The van der Waals surface area contributed by atoms with E-state index in [1.165, 1.54) is 13.0 Å². The van der Waals surface area contributed by atoms with Gasteiger partial charge in [0.1, 0.15) is 5.75 Å². The molecule has 2 aromatic rings. The molecule has 2 rings (SSSR count). The van der Waals surface area contributed by atoms with Crippen LogP contribution in [0, 0.1) is 0 Å². The second-order valence-electron chi connectivity index (χ2n) is 4.08. The first kappa shape index (κ1) is 13.6. The summed E-state index contributed by atoms with van der Waals surface area (Å²) < 4.78 is 5.67. The first-order valence-electron chi connectivity index (χ1n) is 5.77. The molecule has 0 bridgehead atoms. The molecule has 19 heavy (non-hydrogen) atoms. The van der Waals surface area contributed by atoms with Gasteiger partial charge >= 0.3 is 0 Å². The second-order valence-corrected chi connectivity index (χ2v) is 4.64. The van der Waals surface area contributed by atoms with Gasteiger partial charge in [0.15, 0.2) is 17.3 Å². The van der Waals surface area contributed by atoms with E-state index in [-0.39, 0.29) is 11.5 Å². The fourth-order valence-corrected chi connectivity index (χ4v) is 2.12. The maximum atomic E-state index is 11.2. The van der Waals surface area contributed by atoms with Crippen LogP contribution in [0.2, 0.25) is 0 Å². The van der Waals surface area contributed by atoms with Crippen molar-refractivity contribution < 1.29 is 14.6 Å². The molecule has 3 nitrogen and oxygen atoms in total. The predicted molar refractivity (Wildman–Crippen MR) is 77.3 cm³/mol. The van der Waals surface area contributed by atoms with Gasteiger partial charge in [-0.3, -0.25) is 4.79 Å². The predicted octanol–water partition coefficient (Wildman–Crippen LogP) is 4.28. The summed E-state index contributed by atoms with van der Waals surface area (Å²) in [6.45, 7) is 1.45. The zero-order valence-electron chi connectivity index (χ0n) is 10.4. The number of carbonyl (C=O) groups is 1. The average Bonchev–Trinajstić information content (AvgIpc) is 2.41. The van der Waals surface area contributed by atoms with E-state index in [0.717, 1.165) is 5.56 Å². The molecule has 0 aliphatic carbocycles. The third-order valence-corrected chi connectivity index (χ3v) is 3.31. The molecule has 0 aliphatic rings. The second kappa shape index (κ2) is 5.89. The van der Waals surface area contributed by atoms with Crippen molar-refractivity contribution in [2.24, 2.45) is 0 Å². The molecule has 0 heterocycles. The Morgan fingerprint density at radius 3 is 2.58 bits per heavy atom. The Kier molecular flexibility index (Phi) is 4.22. The Morgan fingerprint density at radius 1 is 1.21 bits per heavy atom. The van der Waals surface area contributed by atoms with Crippen LogP contribution >= 0.6 is 15.9 Å². The molecule has 0 amide bonds. The Morgan fingerprint density at radius 2 is 1.95 bits per heavy atom. The van der Waals surface area contributed by atoms with Crippen LogP contribution in [0.15, 0.2) is 42.5 Å². The number of ether oxygens (including phenoxy) is 1. The van der Waals surface area contributed by atoms with Crippen molar-refractivity contribution in [3.8, 4) is 17.2 Å². The van der Waals surface area contributed by atoms with E-state index in [2.05, 4.69) is 15.9 Å². The number of Topliss-reactive ketones (excluding diaryl/α,β-unsaturated/α-hetero) is 1. The number of hydrogen-bond donors (Lipinski definition) is 1. The highest BCUT2D eigenvalue weighted by Crippen LogP contribution is 2.33. The first-order chi connectivity index (χ1) is 9.11. The van der Waals surface area contributed by atoms with Crippen molar-refractivity contribution in [1.82, 2.24) is 0 Å². The summed E-state index contributed by atoms with van der Waals surface area (Å²) >= 11 is 3.38. The lowest BCUT2D eigenvalue weighted by atomic mass is 10.1. The maximum absolute atomic E-state index is 11.2. The summed E-state index contributed by atoms with van der Waals surface area (Å²) in [6, 6.07) is 12.2. The molecule has 0 aromatic heterocycles. The molecule has 0 aliphatic heterocycles. The van der Waals surface area contributed by atoms with Gasteiger partial charge in [-0.2, -0.15) is 0 Å². The molecule has 0 saturated carbocycles. The third kappa shape index (κ3) is 3.15. The average molecular weight is 321 g/mol. The fourth-order valence-electron chi connectivity index (χ4n) is 1.65. The van der Waals surface area contributed by atoms with Gasteiger partial charge in [-0.15, -0.1) is 0 Å². The summed E-state index contributed by atoms with van der Waals surface area (Å²) in [7, 11) is 0. The summed E-state index contributed by atoms with van der Waals surface area (Å²) in [5, 5.41) is 10.5. The van der Waals surface area contributed by atoms with E-state index in [9.17, 15) is 9.90 Å². The lowest BCUT2D eigenvalue weighted by Gasteiger charge is -2.11. The molecule has 1 N–H and O–H groups in total. The van der Waals surface area contributed by atoms with Crippen LogP contribution in [-0.2, 0) is 5.33 Å². The highest BCUT2D eigenvalue weighted by Gasteiger charge is 2.09. The Labute approximate surface area is 120 Å². The minimum Gasteiger partial charge on any atom is -0.504 e. The number of hydrogen-bond acceptors (Lipinski definition) is 3. The van der Waals surface area contributed by atoms with Crippen LogP contribution in [-0.4, -0.2) is 10.9 Å². The molecule has 0 unspecified atom stereocenters. The third-order valence-electron chi connectivity index (χ3n) is 2.70. The molecule has 0 radical (unpaired) electrons. The zero-order chi connectivity index (χ0) is 13.8. The van der Waals surface area contributed by atoms with Crippen molar-refractivity contribution in [1.29, 1.82) is 0 Å². The molecular formula is C15H13BrO3. The van der Waals surface area contributed by atoms with Crippen molar-refractivity contribution in [2.75, 3.05) is 0 Å². The Hall–Kier alpha value is -1.81. The number of ketones is 1. The number of halogens is 1. The molecule has 0 spiro atoms. The van der Waals surface area contributed by atoms with E-state index >= 15 is 0 Å². The summed E-state index contributed by atoms with van der Waals surface area (Å²) in [5.74, 6) is 0.864. The van der Waals surface area contributed by atoms with Crippen LogP contribution in [0.3, 0.4) is 0 Å². The van der Waals surface area contributed by atoms with E-state index < -0.39 is 0 Å². The number of alkyl halides is 1. The number of benzene rings is 2. The molecular weight excluding hydrogens is 308 g/mol. The number of phenols is 1. The van der Waals surface area contributed by atoms with Crippen LogP contribution in [0.1, 0.15) is 22.8 Å². The molecule has 0 saturated heterocycles. The van der Waals surface area contributed by atoms with Gasteiger partial charge < -0.3 is 9.84 Å². The molecule has 2 aromatic carbocycles. The minimum atomic E-state index is -0.0947. The summed E-state index contributed by atoms with van der Waals surface area (Å²) in [5.41, 5.74) is 1.44. The molecule has 0 fully saturated rings. The number of phenolic OH excluding ortho intramolecular Hbond substituents is 1. The molecule has 4 heteroatoms. The highest BCUT2D eigenvalue weighted by molar-refractivity contribution is 9.08. The lowest BCUT2D eigenvalue weighted by Crippen LogP contribution is -1.93. The van der Waals surface area contributed by atoms with E-state index in [0.29, 0.717) is 22.4 Å². The minimum absolute atomic E-state index is 0.0444. The lowest BCUT2D eigenvalue weighted by molar-refractivity contribution is 0.101. The van der Waals surface area contributed by atoms with Crippen molar-refractivity contribution in [2.45, 2.75) is 12.3 Å². The normalized spacial score (nSPS) is 10.2. The van der Waals surface area contributed by atoms with Gasteiger partial charge in [0.2, 0.25) is 0 Å². The Bertz CT molecular complexity index is 608. The van der Waals surface area contributed by atoms with E-state index in [4.69, 9.17) is 4.74 Å². The monoisotopic (exact) mass is 320 g/mol. The standard InChI is InChI=1S/C15H13BrO3/c1-10(17)11-6-7-15(13(18)8-11)19-14-5-3-2-4-12(14)9-16/h2-8,18H,9H2,1H3. The van der Waals surface area contributed by atoms with Crippen LogP contribution in [0.25, 0.3) is 0 Å². The fraction of sp³-hybridized carbons (Fsp3) is 0.133. The van der Waals surface area contributed by atoms with Crippen molar-refractivity contribution >= 4 is 21.7 Å². The van der Waals surface area contributed by atoms with Crippen LogP contribution in [0.4, 0.5) is 0 Å². The van der Waals surface area contributed by atoms with Gasteiger partial charge in [0.25, 0.3) is 0 Å².